The summed E-state index contributed by atoms with van der Waals surface area (Å²) in [5.41, 5.74) is 3.42. The summed E-state index contributed by atoms with van der Waals surface area (Å²) >= 11 is 0. The summed E-state index contributed by atoms with van der Waals surface area (Å²) in [5.74, 6) is -0.347. The van der Waals surface area contributed by atoms with Crippen LogP contribution in [0, 0.1) is 11.3 Å². The van der Waals surface area contributed by atoms with Crippen LogP contribution in [0.3, 0.4) is 0 Å². The molecule has 1 aliphatic carbocycles. The highest BCUT2D eigenvalue weighted by Crippen LogP contribution is 2.45. The molecule has 1 aliphatic heterocycles. The molecule has 6 nitrogen and oxygen atoms in total. The Kier molecular flexibility index (Phi) is 7.80. The first-order chi connectivity index (χ1) is 15.1. The molecule has 0 radical (unpaired) electrons. The van der Waals surface area contributed by atoms with E-state index in [1.165, 1.54) is 45.0 Å². The molecule has 0 aromatic heterocycles. The van der Waals surface area contributed by atoms with Gasteiger partial charge in [-0.1, -0.05) is 30.7 Å². The quantitative estimate of drug-likeness (QED) is 0.570. The molecule has 162 valence electrons. The molecule has 0 bridgehead atoms. The normalized spacial score (nSPS) is 16.8. The number of piperidine rings is 1. The predicted molar refractivity (Wildman–Crippen MR) is 118 cm³/mol. The van der Waals surface area contributed by atoms with Gasteiger partial charge >= 0.3 is 5.97 Å². The molecule has 1 N–H and O–H groups in total. The smallest absolute Gasteiger partial charge is 0.337 e. The zero-order valence-corrected chi connectivity index (χ0v) is 18.0. The van der Waals surface area contributed by atoms with Gasteiger partial charge in [0.05, 0.1) is 29.8 Å². The summed E-state index contributed by atoms with van der Waals surface area (Å²) in [4.78, 5) is 24.2. The molecule has 2 aromatic carbocycles. The number of methoxy groups -OCH3 is 1. The first kappa shape index (κ1) is 22.5. The zero-order valence-electron chi connectivity index (χ0n) is 18.0. The van der Waals surface area contributed by atoms with Gasteiger partial charge in [-0.2, -0.15) is 5.26 Å². The van der Waals surface area contributed by atoms with Crippen molar-refractivity contribution in [2.45, 2.75) is 44.2 Å². The number of amides is 1. The number of nitrogens with one attached hydrogen (secondary N) is 1. The number of hydrogen-bond donors (Lipinski definition) is 1. The highest BCUT2D eigenvalue weighted by molar-refractivity contribution is 5.89. The minimum absolute atomic E-state index is 0.198. The number of esters is 1. The van der Waals surface area contributed by atoms with Crippen LogP contribution in [0.15, 0.2) is 48.5 Å². The minimum atomic E-state index is -0.347. The van der Waals surface area contributed by atoms with Gasteiger partial charge in [-0.3, -0.25) is 9.69 Å². The summed E-state index contributed by atoms with van der Waals surface area (Å²) in [6.07, 6.45) is 6.66. The molecule has 0 unspecified atom stereocenters. The number of carbonyl (C=O) groups is 2. The Balaban J connectivity index is 0.000000176. The van der Waals surface area contributed by atoms with E-state index < -0.39 is 0 Å². The fraction of sp³-hybridized carbons (Fsp3) is 0.400. The molecule has 1 saturated carbocycles. The van der Waals surface area contributed by atoms with E-state index in [1.54, 1.807) is 12.1 Å². The maximum Gasteiger partial charge on any atom is 0.337 e. The number of ether oxygens (including phenoxy) is 1. The molecule has 6 heteroatoms. The maximum absolute atomic E-state index is 11.2. The maximum atomic E-state index is 11.2. The molecule has 2 aliphatic rings. The van der Waals surface area contributed by atoms with Gasteiger partial charge in [-0.05, 0) is 74.2 Å². The second-order valence-corrected chi connectivity index (χ2v) is 8.06. The Hall–Kier alpha value is -3.17. The van der Waals surface area contributed by atoms with Crippen LogP contribution in [-0.2, 0) is 21.6 Å². The highest BCUT2D eigenvalue weighted by Gasteiger charge is 2.43. The third kappa shape index (κ3) is 6.16. The molecule has 1 amide bonds. The number of likely N-dealkylation sites (tertiary alicyclic amines) is 1. The molecule has 31 heavy (non-hydrogen) atoms. The molecule has 1 saturated heterocycles. The van der Waals surface area contributed by atoms with Crippen molar-refractivity contribution in [2.24, 2.45) is 0 Å². The highest BCUT2D eigenvalue weighted by atomic mass is 16.5. The SMILES string of the molecule is COC(=O)c1ccc(C2(NC=O)CC2)cc1.N#Cc1ccc(CN2CCCCC2)cc1. The number of benzene rings is 2. The van der Waals surface area contributed by atoms with E-state index >= 15 is 0 Å². The van der Waals surface area contributed by atoms with E-state index in [-0.39, 0.29) is 11.5 Å². The molecule has 2 fully saturated rings. The monoisotopic (exact) mass is 419 g/mol. The molecule has 0 spiro atoms. The van der Waals surface area contributed by atoms with Crippen molar-refractivity contribution in [1.29, 1.82) is 5.26 Å². The van der Waals surface area contributed by atoms with Gasteiger partial charge in [0, 0.05) is 6.54 Å². The van der Waals surface area contributed by atoms with Crippen LogP contribution in [0.5, 0.6) is 0 Å². The largest absolute Gasteiger partial charge is 0.465 e. The van der Waals surface area contributed by atoms with Crippen LogP contribution in [-0.4, -0.2) is 37.5 Å². The van der Waals surface area contributed by atoms with Crippen molar-refractivity contribution in [3.05, 3.63) is 70.8 Å². The summed E-state index contributed by atoms with van der Waals surface area (Å²) in [5, 5.41) is 11.5. The standard InChI is InChI=1S/C13H16N2.C12H13NO3/c14-10-12-4-6-13(7-5-12)11-15-8-2-1-3-9-15;1-16-11(15)9-2-4-10(5-3-9)12(6-7-12)13-8-14/h4-7H,1-3,8-9,11H2;2-5,8H,6-7H2,1H3,(H,13,14). The lowest BCUT2D eigenvalue weighted by atomic mass is 10.0. The summed E-state index contributed by atoms with van der Waals surface area (Å²) in [6.45, 7) is 3.48. The Morgan fingerprint density at radius 1 is 1.10 bits per heavy atom. The van der Waals surface area contributed by atoms with Crippen LogP contribution in [0.1, 0.15) is 59.2 Å². The van der Waals surface area contributed by atoms with Gasteiger partial charge < -0.3 is 10.1 Å². The summed E-state index contributed by atoms with van der Waals surface area (Å²) in [7, 11) is 1.35. The Morgan fingerprint density at radius 2 is 1.74 bits per heavy atom. The van der Waals surface area contributed by atoms with Crippen LogP contribution >= 0.6 is 0 Å². The second kappa shape index (κ2) is 10.7. The van der Waals surface area contributed by atoms with Gasteiger partial charge in [-0.15, -0.1) is 0 Å². The fourth-order valence-electron chi connectivity index (χ4n) is 3.86. The lowest BCUT2D eigenvalue weighted by Gasteiger charge is -2.26. The Bertz CT molecular complexity index is 907. The van der Waals surface area contributed by atoms with E-state index in [0.29, 0.717) is 5.56 Å². The number of carbonyl (C=O) groups excluding carboxylic acids is 2. The van der Waals surface area contributed by atoms with E-state index in [9.17, 15) is 9.59 Å². The van der Waals surface area contributed by atoms with Crippen LogP contribution in [0.2, 0.25) is 0 Å². The molecule has 2 aromatic rings. The molecule has 0 atom stereocenters. The average molecular weight is 420 g/mol. The third-order valence-electron chi connectivity index (χ3n) is 5.88. The first-order valence-electron chi connectivity index (χ1n) is 10.7. The van der Waals surface area contributed by atoms with Gasteiger partial charge in [0.1, 0.15) is 0 Å². The number of nitrogens with zero attached hydrogens (tertiary/aromatic N) is 2. The van der Waals surface area contributed by atoms with Crippen molar-refractivity contribution >= 4 is 12.4 Å². The molecular weight excluding hydrogens is 390 g/mol. The summed E-state index contributed by atoms with van der Waals surface area (Å²) < 4.78 is 4.61. The average Bonchev–Trinajstić information content (AvgIpc) is 3.61. The minimum Gasteiger partial charge on any atom is -0.465 e. The van der Waals surface area contributed by atoms with Crippen molar-refractivity contribution in [2.75, 3.05) is 20.2 Å². The third-order valence-corrected chi connectivity index (χ3v) is 5.88. The van der Waals surface area contributed by atoms with Crippen LogP contribution < -0.4 is 5.32 Å². The zero-order chi connectivity index (χ0) is 22.1. The number of hydrogen-bond acceptors (Lipinski definition) is 5. The Labute approximate surface area is 183 Å². The Morgan fingerprint density at radius 3 is 2.26 bits per heavy atom. The lowest BCUT2D eigenvalue weighted by Crippen LogP contribution is -2.29. The van der Waals surface area contributed by atoms with Crippen molar-refractivity contribution < 1.29 is 14.3 Å². The van der Waals surface area contributed by atoms with Gasteiger partial charge in [0.2, 0.25) is 6.41 Å². The lowest BCUT2D eigenvalue weighted by molar-refractivity contribution is -0.110. The van der Waals surface area contributed by atoms with Crippen molar-refractivity contribution in [3.8, 4) is 6.07 Å². The van der Waals surface area contributed by atoms with Crippen LogP contribution in [0.4, 0.5) is 0 Å². The van der Waals surface area contributed by atoms with E-state index in [4.69, 9.17) is 5.26 Å². The molecule has 1 heterocycles. The number of rotatable bonds is 6. The number of nitriles is 1. The van der Waals surface area contributed by atoms with Gasteiger partial charge in [0.15, 0.2) is 0 Å². The second-order valence-electron chi connectivity index (χ2n) is 8.06. The van der Waals surface area contributed by atoms with Crippen molar-refractivity contribution in [1.82, 2.24) is 10.2 Å². The van der Waals surface area contributed by atoms with Gasteiger partial charge in [0.25, 0.3) is 0 Å². The van der Waals surface area contributed by atoms with E-state index in [2.05, 4.69) is 33.2 Å². The molecule has 4 rings (SSSR count). The molecular formula is C25H29N3O3. The van der Waals surface area contributed by atoms with Crippen LogP contribution in [0.25, 0.3) is 0 Å². The topological polar surface area (TPSA) is 82.4 Å². The summed E-state index contributed by atoms with van der Waals surface area (Å²) in [6, 6.07) is 17.2. The van der Waals surface area contributed by atoms with Crippen molar-refractivity contribution in [3.63, 3.8) is 0 Å². The fourth-order valence-corrected chi connectivity index (χ4v) is 3.86. The van der Waals surface area contributed by atoms with Gasteiger partial charge in [-0.25, -0.2) is 4.79 Å². The predicted octanol–water partition coefficient (Wildman–Crippen LogP) is 3.75. The first-order valence-corrected chi connectivity index (χ1v) is 10.7. The van der Waals surface area contributed by atoms with E-state index in [1.807, 2.05) is 24.3 Å². The van der Waals surface area contributed by atoms with E-state index in [0.717, 1.165) is 36.9 Å².